The van der Waals surface area contributed by atoms with E-state index in [0.717, 1.165) is 32.7 Å². The van der Waals surface area contributed by atoms with Gasteiger partial charge in [0.05, 0.1) is 25.9 Å². The first-order valence-corrected chi connectivity index (χ1v) is 5.18. The monoisotopic (exact) mass is 203 g/mol. The van der Waals surface area contributed by atoms with Crippen molar-refractivity contribution in [3.63, 3.8) is 0 Å². The molecule has 4 heteroatoms. The predicted molar refractivity (Wildman–Crippen MR) is 54.5 cm³/mol. The second-order valence-electron chi connectivity index (χ2n) is 3.55. The van der Waals surface area contributed by atoms with E-state index < -0.39 is 0 Å². The maximum absolute atomic E-state index is 5.40. The lowest BCUT2D eigenvalue weighted by molar-refractivity contribution is 0.0560. The van der Waals surface area contributed by atoms with Gasteiger partial charge >= 0.3 is 0 Å². The molecule has 0 aromatic heterocycles. The average Bonchev–Trinajstić information content (AvgIpc) is 2.65. The standard InChI is InChI=1S/C10H21NO3/c1-12-7-8-14-6-5-11-4-3-10(9-11)13-2/h10H,3-9H2,1-2H3/t10-/m1/s1. The van der Waals surface area contributed by atoms with Crippen LogP contribution in [-0.2, 0) is 14.2 Å². The normalized spacial score (nSPS) is 23.1. The number of hydrogen-bond acceptors (Lipinski definition) is 4. The molecule has 0 amide bonds. The number of likely N-dealkylation sites (tertiary alicyclic amines) is 1. The Morgan fingerprint density at radius 2 is 2.07 bits per heavy atom. The largest absolute Gasteiger partial charge is 0.382 e. The molecule has 1 fully saturated rings. The topological polar surface area (TPSA) is 30.9 Å². The Balaban J connectivity index is 1.92. The van der Waals surface area contributed by atoms with E-state index in [2.05, 4.69) is 4.90 Å². The van der Waals surface area contributed by atoms with E-state index in [1.807, 2.05) is 0 Å². The molecule has 1 aliphatic heterocycles. The minimum absolute atomic E-state index is 0.425. The smallest absolute Gasteiger partial charge is 0.0710 e. The van der Waals surface area contributed by atoms with E-state index in [1.54, 1.807) is 14.2 Å². The summed E-state index contributed by atoms with van der Waals surface area (Å²) in [6, 6.07) is 0. The van der Waals surface area contributed by atoms with Gasteiger partial charge in [0.15, 0.2) is 0 Å². The van der Waals surface area contributed by atoms with Crippen LogP contribution < -0.4 is 0 Å². The Morgan fingerprint density at radius 1 is 1.21 bits per heavy atom. The van der Waals surface area contributed by atoms with Crippen LogP contribution in [0, 0.1) is 0 Å². The minimum atomic E-state index is 0.425. The molecule has 0 saturated carbocycles. The fraction of sp³-hybridized carbons (Fsp3) is 1.00. The Hall–Kier alpha value is -0.160. The van der Waals surface area contributed by atoms with Gasteiger partial charge in [-0.05, 0) is 6.42 Å². The second-order valence-corrected chi connectivity index (χ2v) is 3.55. The molecule has 1 rings (SSSR count). The summed E-state index contributed by atoms with van der Waals surface area (Å²) >= 11 is 0. The third-order valence-electron chi connectivity index (χ3n) is 2.55. The highest BCUT2D eigenvalue weighted by Gasteiger charge is 2.20. The van der Waals surface area contributed by atoms with E-state index >= 15 is 0 Å². The zero-order valence-corrected chi connectivity index (χ0v) is 9.20. The van der Waals surface area contributed by atoms with Crippen LogP contribution in [0.3, 0.4) is 0 Å². The molecule has 0 unspecified atom stereocenters. The van der Waals surface area contributed by atoms with Crippen LogP contribution in [0.2, 0.25) is 0 Å². The quantitative estimate of drug-likeness (QED) is 0.559. The van der Waals surface area contributed by atoms with Crippen LogP contribution in [0.4, 0.5) is 0 Å². The first-order chi connectivity index (χ1) is 6.86. The van der Waals surface area contributed by atoms with Gasteiger partial charge in [0.25, 0.3) is 0 Å². The van der Waals surface area contributed by atoms with Crippen LogP contribution in [0.15, 0.2) is 0 Å². The summed E-state index contributed by atoms with van der Waals surface area (Å²) in [6.07, 6.45) is 1.57. The Kier molecular flexibility index (Phi) is 6.10. The van der Waals surface area contributed by atoms with Crippen molar-refractivity contribution in [2.75, 3.05) is 53.7 Å². The SMILES string of the molecule is COCCOCCN1CC[C@@H](OC)C1. The van der Waals surface area contributed by atoms with Gasteiger partial charge in [-0.15, -0.1) is 0 Å². The van der Waals surface area contributed by atoms with Gasteiger partial charge in [-0.1, -0.05) is 0 Å². The third-order valence-corrected chi connectivity index (χ3v) is 2.55. The van der Waals surface area contributed by atoms with Gasteiger partial charge in [0.1, 0.15) is 0 Å². The highest BCUT2D eigenvalue weighted by Crippen LogP contribution is 2.10. The van der Waals surface area contributed by atoms with E-state index in [9.17, 15) is 0 Å². The Morgan fingerprint density at radius 3 is 2.71 bits per heavy atom. The van der Waals surface area contributed by atoms with Crippen molar-refractivity contribution >= 4 is 0 Å². The number of ether oxygens (including phenoxy) is 3. The van der Waals surface area contributed by atoms with Crippen molar-refractivity contribution in [1.82, 2.24) is 4.90 Å². The summed E-state index contributed by atoms with van der Waals surface area (Å²) < 4.78 is 15.6. The summed E-state index contributed by atoms with van der Waals surface area (Å²) in [5.74, 6) is 0. The van der Waals surface area contributed by atoms with Crippen LogP contribution in [0.1, 0.15) is 6.42 Å². The highest BCUT2D eigenvalue weighted by atomic mass is 16.5. The average molecular weight is 203 g/mol. The first-order valence-electron chi connectivity index (χ1n) is 5.18. The third kappa shape index (κ3) is 4.37. The molecule has 0 radical (unpaired) electrons. The van der Waals surface area contributed by atoms with Gasteiger partial charge in [0, 0.05) is 33.9 Å². The molecule has 1 aliphatic rings. The Bertz CT molecular complexity index is 143. The molecular formula is C10H21NO3. The maximum Gasteiger partial charge on any atom is 0.0710 e. The van der Waals surface area contributed by atoms with E-state index in [-0.39, 0.29) is 0 Å². The van der Waals surface area contributed by atoms with Crippen molar-refractivity contribution in [1.29, 1.82) is 0 Å². The summed E-state index contributed by atoms with van der Waals surface area (Å²) in [5.41, 5.74) is 0. The van der Waals surface area contributed by atoms with Crippen LogP contribution >= 0.6 is 0 Å². The molecule has 0 N–H and O–H groups in total. The first kappa shape index (κ1) is 11.9. The molecule has 0 aromatic carbocycles. The van der Waals surface area contributed by atoms with Gasteiger partial charge in [-0.3, -0.25) is 4.90 Å². The molecule has 1 atom stereocenters. The lowest BCUT2D eigenvalue weighted by Crippen LogP contribution is -2.27. The second kappa shape index (κ2) is 7.17. The highest BCUT2D eigenvalue weighted by molar-refractivity contribution is 4.75. The van der Waals surface area contributed by atoms with E-state index in [0.29, 0.717) is 19.3 Å². The van der Waals surface area contributed by atoms with Crippen molar-refractivity contribution < 1.29 is 14.2 Å². The zero-order chi connectivity index (χ0) is 10.2. The van der Waals surface area contributed by atoms with Crippen molar-refractivity contribution in [2.24, 2.45) is 0 Å². The van der Waals surface area contributed by atoms with E-state index in [1.165, 1.54) is 0 Å². The van der Waals surface area contributed by atoms with Crippen LogP contribution in [-0.4, -0.2) is 64.7 Å². The lowest BCUT2D eigenvalue weighted by atomic mass is 10.3. The maximum atomic E-state index is 5.40. The summed E-state index contributed by atoms with van der Waals surface area (Å²) in [7, 11) is 3.47. The molecule has 0 aromatic rings. The molecule has 14 heavy (non-hydrogen) atoms. The minimum Gasteiger partial charge on any atom is -0.382 e. The molecule has 0 spiro atoms. The number of methoxy groups -OCH3 is 2. The molecular weight excluding hydrogens is 182 g/mol. The van der Waals surface area contributed by atoms with Crippen molar-refractivity contribution in [3.8, 4) is 0 Å². The van der Waals surface area contributed by atoms with Gasteiger partial charge in [-0.2, -0.15) is 0 Å². The molecule has 4 nitrogen and oxygen atoms in total. The summed E-state index contributed by atoms with van der Waals surface area (Å²) in [4.78, 5) is 2.38. The summed E-state index contributed by atoms with van der Waals surface area (Å²) in [5, 5.41) is 0. The molecule has 0 bridgehead atoms. The fourth-order valence-corrected chi connectivity index (χ4v) is 1.63. The van der Waals surface area contributed by atoms with Crippen LogP contribution in [0.25, 0.3) is 0 Å². The van der Waals surface area contributed by atoms with Crippen molar-refractivity contribution in [3.05, 3.63) is 0 Å². The molecule has 1 heterocycles. The molecule has 1 saturated heterocycles. The lowest BCUT2D eigenvalue weighted by Gasteiger charge is -2.15. The fourth-order valence-electron chi connectivity index (χ4n) is 1.63. The summed E-state index contributed by atoms with van der Waals surface area (Å²) in [6.45, 7) is 5.35. The van der Waals surface area contributed by atoms with Crippen molar-refractivity contribution in [2.45, 2.75) is 12.5 Å². The van der Waals surface area contributed by atoms with E-state index in [4.69, 9.17) is 14.2 Å². The molecule has 84 valence electrons. The molecule has 0 aliphatic carbocycles. The van der Waals surface area contributed by atoms with Gasteiger partial charge in [-0.25, -0.2) is 0 Å². The Labute approximate surface area is 86.1 Å². The predicted octanol–water partition coefficient (Wildman–Crippen LogP) is 0.370. The van der Waals surface area contributed by atoms with Gasteiger partial charge < -0.3 is 14.2 Å². The number of rotatable bonds is 7. The van der Waals surface area contributed by atoms with Gasteiger partial charge in [0.2, 0.25) is 0 Å². The number of nitrogens with zero attached hydrogens (tertiary/aromatic N) is 1. The van der Waals surface area contributed by atoms with Crippen LogP contribution in [0.5, 0.6) is 0 Å². The zero-order valence-electron chi connectivity index (χ0n) is 9.20. The number of hydrogen-bond donors (Lipinski definition) is 0.